The van der Waals surface area contributed by atoms with Crippen LogP contribution in [0.2, 0.25) is 0 Å². The highest BCUT2D eigenvalue weighted by Crippen LogP contribution is 2.27. The zero-order chi connectivity index (χ0) is 12.1. The zero-order valence-electron chi connectivity index (χ0n) is 8.71. The molecule has 1 saturated heterocycles. The number of thiol groups is 1. The average Bonchev–Trinajstić information content (AvgIpc) is 2.67. The highest BCUT2D eigenvalue weighted by atomic mass is 32.1. The Balaban J connectivity index is 2.61. The molecule has 1 rings (SSSR count). The predicted octanol–water partition coefficient (Wildman–Crippen LogP) is -0.638. The van der Waals surface area contributed by atoms with Crippen molar-refractivity contribution in [3.8, 4) is 0 Å². The SMILES string of the molecule is COC(=O)[C@@H]1C[C@H](S)CN1C(=O)PN[B]O. The van der Waals surface area contributed by atoms with Crippen molar-refractivity contribution < 1.29 is 19.3 Å². The molecule has 0 aromatic heterocycles. The summed E-state index contributed by atoms with van der Waals surface area (Å²) in [7, 11) is 1.70. The van der Waals surface area contributed by atoms with Crippen LogP contribution in [0.15, 0.2) is 0 Å². The summed E-state index contributed by atoms with van der Waals surface area (Å²) in [5.74, 6) is -0.428. The van der Waals surface area contributed by atoms with Crippen LogP contribution >= 0.6 is 21.4 Å². The molecule has 0 aromatic rings. The van der Waals surface area contributed by atoms with E-state index >= 15 is 0 Å². The summed E-state index contributed by atoms with van der Waals surface area (Å²) in [6.07, 6.45) is 0.495. The van der Waals surface area contributed by atoms with Crippen LogP contribution in [-0.4, -0.2) is 54.1 Å². The van der Waals surface area contributed by atoms with Gasteiger partial charge in [-0.05, 0) is 6.42 Å². The fraction of sp³-hybridized carbons (Fsp3) is 0.714. The first kappa shape index (κ1) is 13.8. The molecule has 1 amide bonds. The van der Waals surface area contributed by atoms with Gasteiger partial charge in [-0.1, -0.05) is 0 Å². The van der Waals surface area contributed by atoms with Crippen molar-refractivity contribution in [2.45, 2.75) is 17.7 Å². The Hall–Kier alpha value is -0.295. The molecular weight excluding hydrogens is 250 g/mol. The van der Waals surface area contributed by atoms with Crippen LogP contribution in [-0.2, 0) is 9.53 Å². The van der Waals surface area contributed by atoms with E-state index < -0.39 is 12.0 Å². The van der Waals surface area contributed by atoms with E-state index in [0.29, 0.717) is 20.6 Å². The van der Waals surface area contributed by atoms with E-state index in [0.717, 1.165) is 0 Å². The van der Waals surface area contributed by atoms with E-state index in [1.165, 1.54) is 12.0 Å². The smallest absolute Gasteiger partial charge is 0.397 e. The summed E-state index contributed by atoms with van der Waals surface area (Å²) in [4.78, 5) is 26.9. The quantitative estimate of drug-likeness (QED) is 0.272. The topological polar surface area (TPSA) is 78.9 Å². The van der Waals surface area contributed by atoms with E-state index in [2.05, 4.69) is 22.4 Å². The number of amides is 1. The van der Waals surface area contributed by atoms with Gasteiger partial charge in [0.25, 0.3) is 5.65 Å². The minimum absolute atomic E-state index is 0.0176. The summed E-state index contributed by atoms with van der Waals surface area (Å²) < 4.78 is 4.63. The van der Waals surface area contributed by atoms with Crippen LogP contribution in [0.3, 0.4) is 0 Å². The monoisotopic (exact) mass is 263 g/mol. The summed E-state index contributed by atoms with van der Waals surface area (Å²) in [6.45, 7) is 0.418. The lowest BCUT2D eigenvalue weighted by Gasteiger charge is -2.22. The summed E-state index contributed by atoms with van der Waals surface area (Å²) in [5, 5.41) is 8.41. The van der Waals surface area contributed by atoms with Crippen LogP contribution in [0, 0.1) is 0 Å². The van der Waals surface area contributed by atoms with Gasteiger partial charge in [0, 0.05) is 20.5 Å². The number of rotatable bonds is 4. The number of carbonyl (C=O) groups excluding carboxylic acids is 2. The van der Waals surface area contributed by atoms with Gasteiger partial charge in [0.15, 0.2) is 0 Å². The molecule has 0 bridgehead atoms. The van der Waals surface area contributed by atoms with Gasteiger partial charge in [-0.2, -0.15) is 12.6 Å². The van der Waals surface area contributed by atoms with E-state index in [9.17, 15) is 9.59 Å². The largest absolute Gasteiger partial charge is 0.467 e. The van der Waals surface area contributed by atoms with E-state index in [1.54, 1.807) is 0 Å². The molecule has 1 fully saturated rings. The Morgan fingerprint density at radius 1 is 1.69 bits per heavy atom. The number of esters is 1. The third-order valence-electron chi connectivity index (χ3n) is 2.26. The maximum Gasteiger partial charge on any atom is 0.397 e. The van der Waals surface area contributed by atoms with Gasteiger partial charge in [0.1, 0.15) is 6.04 Å². The van der Waals surface area contributed by atoms with Gasteiger partial charge in [-0.3, -0.25) is 4.79 Å². The molecule has 0 aromatic carbocycles. The van der Waals surface area contributed by atoms with Gasteiger partial charge in [-0.15, -0.1) is 0 Å². The number of nitrogens with one attached hydrogen (secondary N) is 1. The Labute approximate surface area is 102 Å². The van der Waals surface area contributed by atoms with Gasteiger partial charge in [-0.25, -0.2) is 4.79 Å². The van der Waals surface area contributed by atoms with Gasteiger partial charge in [0.2, 0.25) is 0 Å². The van der Waals surface area contributed by atoms with Crippen LogP contribution in [0.5, 0.6) is 0 Å². The van der Waals surface area contributed by atoms with Crippen molar-refractivity contribution in [1.29, 1.82) is 0 Å². The van der Waals surface area contributed by atoms with Crippen LogP contribution < -0.4 is 5.00 Å². The first-order valence-corrected chi connectivity index (χ1v) is 6.15. The number of likely N-dealkylation sites (tertiary alicyclic amines) is 1. The van der Waals surface area contributed by atoms with Crippen molar-refractivity contribution in [2.75, 3.05) is 13.7 Å². The average molecular weight is 263 g/mol. The molecule has 1 heterocycles. The molecule has 0 aliphatic carbocycles. The Morgan fingerprint density at radius 3 is 2.94 bits per heavy atom. The number of hydrogen-bond donors (Lipinski definition) is 3. The molecule has 2 N–H and O–H groups in total. The molecule has 1 aliphatic heterocycles. The molecule has 1 radical (unpaired) electrons. The molecule has 3 atom stereocenters. The minimum Gasteiger partial charge on any atom is -0.467 e. The lowest BCUT2D eigenvalue weighted by molar-refractivity contribution is -0.144. The number of ether oxygens (including phenoxy) is 1. The van der Waals surface area contributed by atoms with E-state index in [1.807, 2.05) is 0 Å². The van der Waals surface area contributed by atoms with Crippen molar-refractivity contribution in [3.63, 3.8) is 0 Å². The van der Waals surface area contributed by atoms with Crippen molar-refractivity contribution >= 4 is 40.6 Å². The van der Waals surface area contributed by atoms with Crippen LogP contribution in [0.25, 0.3) is 0 Å². The molecule has 0 saturated carbocycles. The van der Waals surface area contributed by atoms with Crippen LogP contribution in [0.1, 0.15) is 6.42 Å². The van der Waals surface area contributed by atoms with Gasteiger partial charge < -0.3 is 19.7 Å². The first-order chi connectivity index (χ1) is 7.60. The maximum absolute atomic E-state index is 11.7. The Bertz CT molecular complexity index is 283. The highest BCUT2D eigenvalue weighted by Gasteiger charge is 2.38. The molecule has 16 heavy (non-hydrogen) atoms. The summed E-state index contributed by atoms with van der Waals surface area (Å²) in [6, 6.07) is -0.562. The number of carbonyl (C=O) groups is 2. The third kappa shape index (κ3) is 3.35. The van der Waals surface area contributed by atoms with Gasteiger partial charge in [0.05, 0.1) is 7.11 Å². The summed E-state index contributed by atoms with van der Waals surface area (Å²) >= 11 is 4.25. The number of hydrogen-bond acceptors (Lipinski definition) is 6. The minimum atomic E-state index is -0.562. The fourth-order valence-corrected chi connectivity index (χ4v) is 2.52. The van der Waals surface area contributed by atoms with Crippen molar-refractivity contribution in [1.82, 2.24) is 9.90 Å². The molecule has 9 heteroatoms. The second-order valence-electron chi connectivity index (χ2n) is 3.28. The Kier molecular flexibility index (Phi) is 5.54. The summed E-state index contributed by atoms with van der Waals surface area (Å²) in [5.41, 5.74) is -0.239. The lowest BCUT2D eigenvalue weighted by Crippen LogP contribution is -2.39. The molecule has 1 aliphatic rings. The van der Waals surface area contributed by atoms with Gasteiger partial charge >= 0.3 is 13.6 Å². The standard InChI is InChI=1S/C7H13BN2O4PS/c1-14-6(11)5-2-4(16)3-10(5)7(12)15-9-8-13/h4-5,9,13,15-16H,2-3H2,1H3/t4-,5-/m0/s1. The lowest BCUT2D eigenvalue weighted by atomic mass is 10.2. The molecule has 0 spiro atoms. The van der Waals surface area contributed by atoms with E-state index in [-0.39, 0.29) is 19.6 Å². The zero-order valence-corrected chi connectivity index (χ0v) is 10.6. The first-order valence-electron chi connectivity index (χ1n) is 4.64. The second-order valence-corrected chi connectivity index (χ2v) is 4.98. The van der Waals surface area contributed by atoms with Crippen molar-refractivity contribution in [3.05, 3.63) is 0 Å². The second kappa shape index (κ2) is 6.44. The fourth-order valence-electron chi connectivity index (χ4n) is 1.56. The van der Waals surface area contributed by atoms with Crippen LogP contribution in [0.4, 0.5) is 4.79 Å². The number of nitrogens with zero attached hydrogens (tertiary/aromatic N) is 1. The third-order valence-corrected chi connectivity index (χ3v) is 3.41. The number of methoxy groups -OCH3 is 1. The molecular formula is C7H13BN2O4PS. The maximum atomic E-state index is 11.7. The highest BCUT2D eigenvalue weighted by molar-refractivity contribution is 7.81. The normalized spacial score (nSPS) is 25.1. The predicted molar refractivity (Wildman–Crippen MR) is 64.7 cm³/mol. The molecule has 89 valence electrons. The van der Waals surface area contributed by atoms with Crippen molar-refractivity contribution in [2.24, 2.45) is 0 Å². The molecule has 1 unspecified atom stereocenters. The Morgan fingerprint density at radius 2 is 2.38 bits per heavy atom. The van der Waals surface area contributed by atoms with E-state index in [4.69, 9.17) is 5.02 Å². The molecule has 6 nitrogen and oxygen atoms in total.